The minimum atomic E-state index is -3.32. The van der Waals surface area contributed by atoms with Gasteiger partial charge in [-0.15, -0.1) is 12.3 Å². The van der Waals surface area contributed by atoms with Crippen LogP contribution >= 0.6 is 0 Å². The first-order valence-electron chi connectivity index (χ1n) is 3.91. The van der Waals surface area contributed by atoms with Crippen molar-refractivity contribution in [3.63, 3.8) is 0 Å². The molecule has 0 spiro atoms. The van der Waals surface area contributed by atoms with Crippen molar-refractivity contribution in [3.05, 3.63) is 12.3 Å². The predicted octanol–water partition coefficient (Wildman–Crippen LogP) is 0.862. The molecule has 0 bridgehead atoms. The van der Waals surface area contributed by atoms with Crippen LogP contribution in [0.1, 0.15) is 13.8 Å². The maximum Gasteiger partial charge on any atom is 0.269 e. The van der Waals surface area contributed by atoms with E-state index in [1.165, 1.54) is 0 Å². The Hall–Kier alpha value is -0.133. The minimum absolute atomic E-state index is 0.323. The van der Waals surface area contributed by atoms with Crippen molar-refractivity contribution in [2.24, 2.45) is 0 Å². The molecule has 0 aromatic carbocycles. The quantitative estimate of drug-likeness (QED) is 0.497. The molecule has 0 aliphatic heterocycles. The van der Waals surface area contributed by atoms with Crippen LogP contribution in [0.4, 0.5) is 0 Å². The lowest BCUT2D eigenvalue weighted by atomic mass is 10.6. The first-order valence-corrected chi connectivity index (χ1v) is 8.02. The van der Waals surface area contributed by atoms with Gasteiger partial charge >= 0.3 is 0 Å². The molecule has 0 rings (SSSR count). The molecule has 1 atom stereocenters. The van der Waals surface area contributed by atoms with Gasteiger partial charge in [0.05, 0.1) is 20.3 Å². The largest absolute Gasteiger partial charge is 0.273 e. The van der Waals surface area contributed by atoms with E-state index in [2.05, 4.69) is 6.58 Å². The van der Waals surface area contributed by atoms with Crippen LogP contribution in [0.2, 0.25) is 6.55 Å². The monoisotopic (exact) mass is 208 g/mol. The van der Waals surface area contributed by atoms with Crippen LogP contribution in [0.15, 0.2) is 12.3 Å². The first-order chi connectivity index (χ1) is 5.40. The summed E-state index contributed by atoms with van der Waals surface area (Å²) in [6.07, 6.45) is 0.323. The SMILES string of the molecule is C=C[SiH](C)COS(=O)(=O)C(C)C. The van der Waals surface area contributed by atoms with Gasteiger partial charge in [0.25, 0.3) is 10.1 Å². The highest BCUT2D eigenvalue weighted by Gasteiger charge is 2.17. The second-order valence-corrected chi connectivity index (χ2v) is 7.96. The first kappa shape index (κ1) is 11.9. The molecule has 0 amide bonds. The van der Waals surface area contributed by atoms with Crippen molar-refractivity contribution in [1.82, 2.24) is 0 Å². The molecule has 0 heterocycles. The van der Waals surface area contributed by atoms with Crippen LogP contribution in [0.25, 0.3) is 0 Å². The van der Waals surface area contributed by atoms with Gasteiger partial charge in [0.15, 0.2) is 0 Å². The van der Waals surface area contributed by atoms with Crippen molar-refractivity contribution in [2.75, 3.05) is 6.23 Å². The van der Waals surface area contributed by atoms with E-state index in [-0.39, 0.29) is 0 Å². The summed E-state index contributed by atoms with van der Waals surface area (Å²) in [6, 6.07) is 0. The highest BCUT2D eigenvalue weighted by molar-refractivity contribution is 7.87. The van der Waals surface area contributed by atoms with Crippen LogP contribution in [0, 0.1) is 0 Å². The zero-order valence-corrected chi connectivity index (χ0v) is 9.75. The van der Waals surface area contributed by atoms with Crippen LogP contribution in [0.3, 0.4) is 0 Å². The highest BCUT2D eigenvalue weighted by Crippen LogP contribution is 2.02. The average Bonchev–Trinajstić information content (AvgIpc) is 2.00. The van der Waals surface area contributed by atoms with Gasteiger partial charge in [-0.2, -0.15) is 8.42 Å². The van der Waals surface area contributed by atoms with Crippen molar-refractivity contribution < 1.29 is 12.6 Å². The van der Waals surface area contributed by atoms with E-state index in [9.17, 15) is 8.42 Å². The Morgan fingerprint density at radius 1 is 1.58 bits per heavy atom. The zero-order valence-electron chi connectivity index (χ0n) is 7.78. The van der Waals surface area contributed by atoms with Gasteiger partial charge in [-0.05, 0) is 13.8 Å². The Bertz CT molecular complexity index is 233. The number of rotatable bonds is 5. The fraction of sp³-hybridized carbons (Fsp3) is 0.714. The Kier molecular flexibility index (Phi) is 4.73. The molecule has 3 nitrogen and oxygen atoms in total. The van der Waals surface area contributed by atoms with Gasteiger partial charge < -0.3 is 0 Å². The third kappa shape index (κ3) is 4.03. The second-order valence-electron chi connectivity index (χ2n) is 3.04. The summed E-state index contributed by atoms with van der Waals surface area (Å²) >= 11 is 0. The molecule has 0 saturated carbocycles. The fourth-order valence-corrected chi connectivity index (χ4v) is 2.43. The molecule has 12 heavy (non-hydrogen) atoms. The van der Waals surface area contributed by atoms with Crippen molar-refractivity contribution in [2.45, 2.75) is 25.6 Å². The summed E-state index contributed by atoms with van der Waals surface area (Å²) in [5.41, 5.74) is 1.80. The Labute approximate surface area is 76.2 Å². The molecular formula is C7H16O3SSi. The Morgan fingerprint density at radius 2 is 2.08 bits per heavy atom. The Balaban J connectivity index is 4.02. The summed E-state index contributed by atoms with van der Waals surface area (Å²) < 4.78 is 27.0. The van der Waals surface area contributed by atoms with Crippen molar-refractivity contribution >= 4 is 18.9 Å². The summed E-state index contributed by atoms with van der Waals surface area (Å²) in [5.74, 6) is 0. The van der Waals surface area contributed by atoms with Crippen molar-refractivity contribution in [3.8, 4) is 0 Å². The van der Waals surface area contributed by atoms with E-state index in [4.69, 9.17) is 4.18 Å². The van der Waals surface area contributed by atoms with E-state index in [0.29, 0.717) is 6.23 Å². The summed E-state index contributed by atoms with van der Waals surface area (Å²) in [4.78, 5) is 0. The van der Waals surface area contributed by atoms with E-state index >= 15 is 0 Å². The minimum Gasteiger partial charge on any atom is -0.273 e. The van der Waals surface area contributed by atoms with Crippen molar-refractivity contribution in [1.29, 1.82) is 0 Å². The Morgan fingerprint density at radius 3 is 2.42 bits per heavy atom. The predicted molar refractivity (Wildman–Crippen MR) is 53.2 cm³/mol. The third-order valence-electron chi connectivity index (χ3n) is 1.47. The molecule has 0 N–H and O–H groups in total. The normalized spacial score (nSPS) is 14.7. The van der Waals surface area contributed by atoms with Crippen LogP contribution in [-0.4, -0.2) is 28.7 Å². The molecule has 0 fully saturated rings. The molecule has 0 radical (unpaired) electrons. The molecule has 0 saturated heterocycles. The van der Waals surface area contributed by atoms with Gasteiger partial charge in [-0.25, -0.2) is 0 Å². The average molecular weight is 208 g/mol. The smallest absolute Gasteiger partial charge is 0.269 e. The van der Waals surface area contributed by atoms with E-state index in [1.54, 1.807) is 19.5 Å². The molecule has 5 heteroatoms. The van der Waals surface area contributed by atoms with Crippen LogP contribution < -0.4 is 0 Å². The molecule has 0 aromatic heterocycles. The van der Waals surface area contributed by atoms with Crippen LogP contribution in [0.5, 0.6) is 0 Å². The van der Waals surface area contributed by atoms with E-state index in [1.807, 2.05) is 6.55 Å². The second kappa shape index (κ2) is 4.79. The fourth-order valence-electron chi connectivity index (χ4n) is 0.406. The number of hydrogen-bond acceptors (Lipinski definition) is 3. The maximum absolute atomic E-state index is 11.1. The molecule has 0 aliphatic carbocycles. The maximum atomic E-state index is 11.1. The van der Waals surface area contributed by atoms with E-state index < -0.39 is 24.2 Å². The topological polar surface area (TPSA) is 43.4 Å². The molecule has 0 aromatic rings. The molecule has 72 valence electrons. The van der Waals surface area contributed by atoms with Gasteiger partial charge in [0, 0.05) is 0 Å². The molecule has 0 aliphatic rings. The van der Waals surface area contributed by atoms with Crippen LogP contribution in [-0.2, 0) is 14.3 Å². The van der Waals surface area contributed by atoms with Gasteiger partial charge in [0.1, 0.15) is 0 Å². The number of hydrogen-bond donors (Lipinski definition) is 0. The summed E-state index contributed by atoms with van der Waals surface area (Å²) in [5, 5.41) is -0.455. The highest BCUT2D eigenvalue weighted by atomic mass is 32.2. The van der Waals surface area contributed by atoms with Gasteiger partial charge in [-0.1, -0.05) is 6.55 Å². The lowest BCUT2D eigenvalue weighted by molar-refractivity contribution is 0.367. The lowest BCUT2D eigenvalue weighted by Crippen LogP contribution is -2.23. The summed E-state index contributed by atoms with van der Waals surface area (Å²) in [7, 11) is -4.48. The standard InChI is InChI=1S/C7H16O3SSi/c1-5-12(4)6-10-11(8,9)7(2)3/h5,7,12H,1,6H2,2-4H3. The zero-order chi connectivity index (χ0) is 9.78. The van der Waals surface area contributed by atoms with Gasteiger partial charge in [-0.3, -0.25) is 4.18 Å². The van der Waals surface area contributed by atoms with E-state index in [0.717, 1.165) is 0 Å². The van der Waals surface area contributed by atoms with Gasteiger partial charge in [0.2, 0.25) is 0 Å². The molecule has 1 unspecified atom stereocenters. The lowest BCUT2D eigenvalue weighted by Gasteiger charge is -2.09. The molecular weight excluding hydrogens is 192 g/mol. The third-order valence-corrected chi connectivity index (χ3v) is 4.83. The summed E-state index contributed by atoms with van der Waals surface area (Å²) in [6.45, 7) is 8.80.